The lowest BCUT2D eigenvalue weighted by molar-refractivity contribution is -0.134. The molecule has 0 radical (unpaired) electrons. The van der Waals surface area contributed by atoms with E-state index < -0.39 is 5.41 Å². The van der Waals surface area contributed by atoms with Crippen LogP contribution in [0.4, 0.5) is 17.3 Å². The highest BCUT2D eigenvalue weighted by Crippen LogP contribution is 2.48. The maximum absolute atomic E-state index is 13.0. The SMILES string of the molecule is Nc1nc(N2CCCC(C(=O)N3CCCC3)C2)ccc1NC(=O)C1(c2cccnn2)CC1. The first kappa shape index (κ1) is 20.7. The van der Waals surface area contributed by atoms with Crippen molar-refractivity contribution in [2.24, 2.45) is 5.92 Å². The number of piperidine rings is 1. The van der Waals surface area contributed by atoms with Gasteiger partial charge in [0, 0.05) is 32.4 Å². The van der Waals surface area contributed by atoms with Gasteiger partial charge in [0.15, 0.2) is 0 Å². The van der Waals surface area contributed by atoms with E-state index in [-0.39, 0.29) is 23.6 Å². The summed E-state index contributed by atoms with van der Waals surface area (Å²) in [6.45, 7) is 3.26. The fourth-order valence-electron chi connectivity index (χ4n) is 4.85. The molecule has 9 nitrogen and oxygen atoms in total. The van der Waals surface area contributed by atoms with Crippen molar-refractivity contribution in [3.63, 3.8) is 0 Å². The third-order valence-corrected chi connectivity index (χ3v) is 6.92. The highest BCUT2D eigenvalue weighted by atomic mass is 16.2. The van der Waals surface area contributed by atoms with Crippen LogP contribution in [0.2, 0.25) is 0 Å². The van der Waals surface area contributed by atoms with Crippen LogP contribution in [0, 0.1) is 5.92 Å². The second kappa shape index (κ2) is 8.37. The van der Waals surface area contributed by atoms with Gasteiger partial charge in [-0.25, -0.2) is 4.98 Å². The second-order valence-corrected chi connectivity index (χ2v) is 9.06. The summed E-state index contributed by atoms with van der Waals surface area (Å²) in [7, 11) is 0. The van der Waals surface area contributed by atoms with Crippen molar-refractivity contribution < 1.29 is 9.59 Å². The molecule has 2 amide bonds. The van der Waals surface area contributed by atoms with Crippen molar-refractivity contribution in [1.82, 2.24) is 20.1 Å². The van der Waals surface area contributed by atoms with Gasteiger partial charge in [-0.1, -0.05) is 0 Å². The highest BCUT2D eigenvalue weighted by molar-refractivity contribution is 6.02. The number of carbonyl (C=O) groups excluding carboxylic acids is 2. The van der Waals surface area contributed by atoms with Gasteiger partial charge in [0.05, 0.1) is 22.7 Å². The summed E-state index contributed by atoms with van der Waals surface area (Å²) < 4.78 is 0. The van der Waals surface area contributed by atoms with Gasteiger partial charge in [0.2, 0.25) is 11.8 Å². The monoisotopic (exact) mass is 435 g/mol. The van der Waals surface area contributed by atoms with Crippen LogP contribution in [-0.4, -0.2) is 58.1 Å². The molecule has 2 saturated heterocycles. The third kappa shape index (κ3) is 3.87. The molecule has 1 unspecified atom stereocenters. The molecule has 0 bridgehead atoms. The molecule has 9 heteroatoms. The van der Waals surface area contributed by atoms with E-state index in [1.165, 1.54) is 0 Å². The number of pyridine rings is 1. The van der Waals surface area contributed by atoms with Gasteiger partial charge in [-0.3, -0.25) is 9.59 Å². The summed E-state index contributed by atoms with van der Waals surface area (Å²) >= 11 is 0. The summed E-state index contributed by atoms with van der Waals surface area (Å²) in [5, 5.41) is 11.0. The quantitative estimate of drug-likeness (QED) is 0.737. The Kier molecular flexibility index (Phi) is 5.40. The van der Waals surface area contributed by atoms with Crippen LogP contribution in [0.1, 0.15) is 44.2 Å². The van der Waals surface area contributed by atoms with Gasteiger partial charge in [-0.2, -0.15) is 10.2 Å². The summed E-state index contributed by atoms with van der Waals surface area (Å²) in [6.07, 6.45) is 7.15. The van der Waals surface area contributed by atoms with Crippen LogP contribution in [-0.2, 0) is 15.0 Å². The Hall–Kier alpha value is -3.23. The fourth-order valence-corrected chi connectivity index (χ4v) is 4.85. The molecule has 4 heterocycles. The highest BCUT2D eigenvalue weighted by Gasteiger charge is 2.53. The number of hydrogen-bond donors (Lipinski definition) is 2. The topological polar surface area (TPSA) is 117 Å². The van der Waals surface area contributed by atoms with E-state index in [0.717, 1.165) is 64.0 Å². The molecule has 0 spiro atoms. The van der Waals surface area contributed by atoms with Crippen molar-refractivity contribution >= 4 is 29.1 Å². The first-order chi connectivity index (χ1) is 15.6. The molecule has 2 aliphatic heterocycles. The molecule has 3 fully saturated rings. The average molecular weight is 436 g/mol. The number of aromatic nitrogens is 3. The number of amides is 2. The molecule has 168 valence electrons. The summed E-state index contributed by atoms with van der Waals surface area (Å²) in [4.78, 5) is 34.5. The van der Waals surface area contributed by atoms with Crippen LogP contribution < -0.4 is 16.0 Å². The van der Waals surface area contributed by atoms with Crippen molar-refractivity contribution in [2.45, 2.75) is 43.9 Å². The maximum Gasteiger partial charge on any atom is 0.236 e. The Morgan fingerprint density at radius 1 is 1.09 bits per heavy atom. The Labute approximate surface area is 187 Å². The number of likely N-dealkylation sites (tertiary alicyclic amines) is 1. The van der Waals surface area contributed by atoms with Gasteiger partial charge in [-0.15, -0.1) is 0 Å². The Morgan fingerprint density at radius 3 is 2.59 bits per heavy atom. The first-order valence-electron chi connectivity index (χ1n) is 11.5. The molecule has 32 heavy (non-hydrogen) atoms. The molecule has 3 N–H and O–H groups in total. The van der Waals surface area contributed by atoms with Crippen molar-refractivity contribution in [3.8, 4) is 0 Å². The van der Waals surface area contributed by atoms with Crippen molar-refractivity contribution in [2.75, 3.05) is 42.1 Å². The number of nitrogen functional groups attached to an aromatic ring is 1. The molecule has 2 aromatic heterocycles. The van der Waals surface area contributed by atoms with Crippen LogP contribution in [0.3, 0.4) is 0 Å². The van der Waals surface area contributed by atoms with Gasteiger partial charge >= 0.3 is 0 Å². The Balaban J connectivity index is 1.26. The second-order valence-electron chi connectivity index (χ2n) is 9.06. The minimum Gasteiger partial charge on any atom is -0.382 e. The minimum atomic E-state index is -0.630. The number of nitrogens with two attached hydrogens (primary N) is 1. The van der Waals surface area contributed by atoms with Gasteiger partial charge in [-0.05, 0) is 62.8 Å². The molecule has 0 aromatic carbocycles. The van der Waals surface area contributed by atoms with Crippen LogP contribution in [0.15, 0.2) is 30.5 Å². The standard InChI is InChI=1S/C23H29N7O2/c24-20-17(26-22(32)23(9-10-23)18-6-3-11-25-28-18)7-8-19(27-20)30-14-4-5-16(15-30)21(31)29-12-1-2-13-29/h3,6-8,11,16H,1-2,4-5,9-10,12-15H2,(H2,24,27)(H,26,32). The van der Waals surface area contributed by atoms with E-state index in [0.29, 0.717) is 17.9 Å². The number of nitrogens with one attached hydrogen (secondary N) is 1. The van der Waals surface area contributed by atoms with Crippen molar-refractivity contribution in [3.05, 3.63) is 36.2 Å². The van der Waals surface area contributed by atoms with E-state index in [1.807, 2.05) is 17.0 Å². The first-order valence-corrected chi connectivity index (χ1v) is 11.5. The number of carbonyl (C=O) groups is 2. The molecular weight excluding hydrogens is 406 g/mol. The average Bonchev–Trinajstić information content (AvgIpc) is 3.47. The minimum absolute atomic E-state index is 0.00552. The molecule has 1 aliphatic carbocycles. The normalized spacial score (nSPS) is 21.9. The molecular formula is C23H29N7O2. The fraction of sp³-hybridized carbons (Fsp3) is 0.522. The molecule has 5 rings (SSSR count). The van der Waals surface area contributed by atoms with Crippen LogP contribution >= 0.6 is 0 Å². The lowest BCUT2D eigenvalue weighted by Crippen LogP contribution is -2.44. The van der Waals surface area contributed by atoms with E-state index >= 15 is 0 Å². The van der Waals surface area contributed by atoms with Crippen molar-refractivity contribution in [1.29, 1.82) is 0 Å². The zero-order valence-electron chi connectivity index (χ0n) is 18.2. The summed E-state index contributed by atoms with van der Waals surface area (Å²) in [5.41, 5.74) is 6.77. The zero-order chi connectivity index (χ0) is 22.1. The number of rotatable bonds is 5. The van der Waals surface area contributed by atoms with E-state index in [2.05, 4.69) is 25.4 Å². The summed E-state index contributed by atoms with van der Waals surface area (Å²) in [6, 6.07) is 7.30. The van der Waals surface area contributed by atoms with Gasteiger partial charge in [0.25, 0.3) is 0 Å². The molecule has 2 aromatic rings. The smallest absolute Gasteiger partial charge is 0.236 e. The molecule has 1 saturated carbocycles. The molecule has 3 aliphatic rings. The van der Waals surface area contributed by atoms with Crippen LogP contribution in [0.25, 0.3) is 0 Å². The Bertz CT molecular complexity index is 1000. The lowest BCUT2D eigenvalue weighted by Gasteiger charge is -2.34. The van der Waals surface area contributed by atoms with Gasteiger partial charge in [0.1, 0.15) is 11.6 Å². The third-order valence-electron chi connectivity index (χ3n) is 6.92. The van der Waals surface area contributed by atoms with E-state index in [1.54, 1.807) is 18.3 Å². The number of hydrogen-bond acceptors (Lipinski definition) is 7. The number of nitrogens with zero attached hydrogens (tertiary/aromatic N) is 5. The summed E-state index contributed by atoms with van der Waals surface area (Å²) in [5.74, 6) is 1.16. The maximum atomic E-state index is 13.0. The molecule has 1 atom stereocenters. The largest absolute Gasteiger partial charge is 0.382 e. The van der Waals surface area contributed by atoms with Gasteiger partial charge < -0.3 is 20.9 Å². The van der Waals surface area contributed by atoms with E-state index in [9.17, 15) is 9.59 Å². The van der Waals surface area contributed by atoms with E-state index in [4.69, 9.17) is 5.73 Å². The Morgan fingerprint density at radius 2 is 1.91 bits per heavy atom. The predicted octanol–water partition coefficient (Wildman–Crippen LogP) is 1.96. The lowest BCUT2D eigenvalue weighted by atomic mass is 9.96. The number of anilines is 3. The zero-order valence-corrected chi connectivity index (χ0v) is 18.2. The predicted molar refractivity (Wildman–Crippen MR) is 121 cm³/mol. The van der Waals surface area contributed by atoms with Crippen LogP contribution in [0.5, 0.6) is 0 Å².